The van der Waals surface area contributed by atoms with Crippen molar-refractivity contribution in [2.45, 2.75) is 27.4 Å². The lowest BCUT2D eigenvalue weighted by molar-refractivity contribution is -0.119. The van der Waals surface area contributed by atoms with Gasteiger partial charge in [0.05, 0.1) is 0 Å². The highest BCUT2D eigenvalue weighted by Gasteiger charge is 2.10. The van der Waals surface area contributed by atoms with Gasteiger partial charge in [-0.25, -0.2) is 0 Å². The fourth-order valence-corrected chi connectivity index (χ4v) is 2.34. The molecule has 4 heteroatoms. The zero-order valence-corrected chi connectivity index (χ0v) is 14.1. The number of benzene rings is 2. The molecule has 1 N–H and O–H groups in total. The molecule has 0 radical (unpaired) electrons. The van der Waals surface area contributed by atoms with Crippen LogP contribution in [0.25, 0.3) is 0 Å². The molecule has 0 unspecified atom stereocenters. The van der Waals surface area contributed by atoms with Gasteiger partial charge in [-0.2, -0.15) is 0 Å². The zero-order chi connectivity index (χ0) is 16.8. The minimum atomic E-state index is -0.175. The molecule has 0 saturated carbocycles. The van der Waals surface area contributed by atoms with Gasteiger partial charge in [0.2, 0.25) is 5.91 Å². The number of hydrogen-bond donors (Lipinski definition) is 1. The standard InChI is InChI=1S/C19H23NO3/c1-13-8-9-15(3)18(10-13)23-11-16-14(2)6-5-7-17(16)20-19(21)12-22-4/h5-10H,11-12H2,1-4H3,(H,20,21). The lowest BCUT2D eigenvalue weighted by atomic mass is 10.1. The van der Waals surface area contributed by atoms with Crippen LogP contribution in [0.5, 0.6) is 5.75 Å². The summed E-state index contributed by atoms with van der Waals surface area (Å²) in [6.07, 6.45) is 0. The van der Waals surface area contributed by atoms with Crippen LogP contribution < -0.4 is 10.1 Å². The summed E-state index contributed by atoms with van der Waals surface area (Å²) >= 11 is 0. The van der Waals surface area contributed by atoms with Gasteiger partial charge in [0, 0.05) is 18.4 Å². The molecule has 2 aromatic carbocycles. The van der Waals surface area contributed by atoms with Crippen LogP contribution >= 0.6 is 0 Å². The van der Waals surface area contributed by atoms with Crippen LogP contribution in [-0.4, -0.2) is 19.6 Å². The van der Waals surface area contributed by atoms with Crippen LogP contribution in [0.4, 0.5) is 5.69 Å². The summed E-state index contributed by atoms with van der Waals surface area (Å²) in [4.78, 5) is 11.8. The Balaban J connectivity index is 2.18. The van der Waals surface area contributed by atoms with Gasteiger partial charge in [0.1, 0.15) is 19.0 Å². The van der Waals surface area contributed by atoms with E-state index in [2.05, 4.69) is 11.4 Å². The van der Waals surface area contributed by atoms with E-state index in [9.17, 15) is 4.79 Å². The third kappa shape index (κ3) is 4.57. The summed E-state index contributed by atoms with van der Waals surface area (Å²) in [5.74, 6) is 0.688. The topological polar surface area (TPSA) is 47.6 Å². The molecule has 0 bridgehead atoms. The van der Waals surface area contributed by atoms with Gasteiger partial charge < -0.3 is 14.8 Å². The molecular formula is C19H23NO3. The van der Waals surface area contributed by atoms with Gasteiger partial charge in [-0.05, 0) is 49.6 Å². The van der Waals surface area contributed by atoms with Crippen LogP contribution in [0, 0.1) is 20.8 Å². The van der Waals surface area contributed by atoms with E-state index in [0.29, 0.717) is 6.61 Å². The Morgan fingerprint density at radius 3 is 2.61 bits per heavy atom. The first-order chi connectivity index (χ1) is 11.0. The Bertz CT molecular complexity index is 695. The SMILES string of the molecule is COCC(=O)Nc1cccc(C)c1COc1cc(C)ccc1C. The summed E-state index contributed by atoms with van der Waals surface area (Å²) < 4.78 is 10.8. The molecule has 23 heavy (non-hydrogen) atoms. The molecule has 0 saturated heterocycles. The maximum Gasteiger partial charge on any atom is 0.250 e. The maximum absolute atomic E-state index is 11.8. The Labute approximate surface area is 137 Å². The highest BCUT2D eigenvalue weighted by molar-refractivity contribution is 5.92. The van der Waals surface area contributed by atoms with Crippen molar-refractivity contribution in [3.8, 4) is 5.75 Å². The predicted octanol–water partition coefficient (Wildman–Crippen LogP) is 3.78. The lowest BCUT2D eigenvalue weighted by Gasteiger charge is -2.16. The number of rotatable bonds is 6. The number of ether oxygens (including phenoxy) is 2. The highest BCUT2D eigenvalue weighted by atomic mass is 16.5. The van der Waals surface area contributed by atoms with E-state index in [1.54, 1.807) is 0 Å². The van der Waals surface area contributed by atoms with Crippen molar-refractivity contribution in [3.63, 3.8) is 0 Å². The van der Waals surface area contributed by atoms with Gasteiger partial charge >= 0.3 is 0 Å². The molecule has 2 aromatic rings. The van der Waals surface area contributed by atoms with Gasteiger partial charge in [-0.3, -0.25) is 4.79 Å². The molecule has 0 heterocycles. The normalized spacial score (nSPS) is 10.4. The van der Waals surface area contributed by atoms with E-state index in [0.717, 1.165) is 33.7 Å². The molecule has 122 valence electrons. The van der Waals surface area contributed by atoms with Crippen molar-refractivity contribution in [2.75, 3.05) is 19.0 Å². The van der Waals surface area contributed by atoms with Crippen molar-refractivity contribution in [1.82, 2.24) is 0 Å². The van der Waals surface area contributed by atoms with E-state index < -0.39 is 0 Å². The van der Waals surface area contributed by atoms with Gasteiger partial charge in [0.15, 0.2) is 0 Å². The predicted molar refractivity (Wildman–Crippen MR) is 91.9 cm³/mol. The van der Waals surface area contributed by atoms with E-state index >= 15 is 0 Å². The molecule has 0 aromatic heterocycles. The monoisotopic (exact) mass is 313 g/mol. The van der Waals surface area contributed by atoms with Gasteiger partial charge in [0.25, 0.3) is 0 Å². The van der Waals surface area contributed by atoms with Crippen molar-refractivity contribution in [1.29, 1.82) is 0 Å². The van der Waals surface area contributed by atoms with Crippen LogP contribution in [0.2, 0.25) is 0 Å². The molecule has 0 aliphatic rings. The van der Waals surface area contributed by atoms with E-state index in [1.165, 1.54) is 7.11 Å². The summed E-state index contributed by atoms with van der Waals surface area (Å²) in [6.45, 7) is 6.50. The minimum absolute atomic E-state index is 0.0330. The molecule has 1 amide bonds. The molecule has 0 atom stereocenters. The third-order valence-corrected chi connectivity index (χ3v) is 3.68. The van der Waals surface area contributed by atoms with Crippen LogP contribution in [0.1, 0.15) is 22.3 Å². The Hall–Kier alpha value is -2.33. The van der Waals surface area contributed by atoms with Crippen molar-refractivity contribution in [2.24, 2.45) is 0 Å². The summed E-state index contributed by atoms with van der Waals surface area (Å²) in [6, 6.07) is 11.9. The number of amides is 1. The fourth-order valence-electron chi connectivity index (χ4n) is 2.34. The van der Waals surface area contributed by atoms with E-state index in [1.807, 2.05) is 51.1 Å². The first-order valence-electron chi connectivity index (χ1n) is 7.58. The molecule has 2 rings (SSSR count). The third-order valence-electron chi connectivity index (χ3n) is 3.68. The smallest absolute Gasteiger partial charge is 0.250 e. The van der Waals surface area contributed by atoms with Gasteiger partial charge in [-0.1, -0.05) is 24.3 Å². The quantitative estimate of drug-likeness (QED) is 0.883. The number of methoxy groups -OCH3 is 1. The minimum Gasteiger partial charge on any atom is -0.489 e. The zero-order valence-electron chi connectivity index (χ0n) is 14.1. The van der Waals surface area contributed by atoms with Crippen LogP contribution in [0.3, 0.4) is 0 Å². The summed E-state index contributed by atoms with van der Waals surface area (Å²) in [7, 11) is 1.50. The fraction of sp³-hybridized carbons (Fsp3) is 0.316. The molecule has 0 aliphatic carbocycles. The first kappa shape index (κ1) is 17.0. The second-order valence-electron chi connectivity index (χ2n) is 5.64. The Morgan fingerprint density at radius 2 is 1.87 bits per heavy atom. The number of anilines is 1. The van der Waals surface area contributed by atoms with Crippen molar-refractivity contribution in [3.05, 3.63) is 58.7 Å². The van der Waals surface area contributed by atoms with Crippen LogP contribution in [0.15, 0.2) is 36.4 Å². The highest BCUT2D eigenvalue weighted by Crippen LogP contribution is 2.24. The average Bonchev–Trinajstić information content (AvgIpc) is 2.50. The number of carbonyl (C=O) groups excluding carboxylic acids is 1. The van der Waals surface area contributed by atoms with E-state index in [4.69, 9.17) is 9.47 Å². The largest absolute Gasteiger partial charge is 0.489 e. The average molecular weight is 313 g/mol. The molecule has 0 spiro atoms. The summed E-state index contributed by atoms with van der Waals surface area (Å²) in [5.41, 5.74) is 5.05. The summed E-state index contributed by atoms with van der Waals surface area (Å²) in [5, 5.41) is 2.87. The molecule has 4 nitrogen and oxygen atoms in total. The Morgan fingerprint density at radius 1 is 1.09 bits per heavy atom. The number of aryl methyl sites for hydroxylation is 3. The second-order valence-corrected chi connectivity index (χ2v) is 5.64. The van der Waals surface area contributed by atoms with Crippen molar-refractivity contribution >= 4 is 11.6 Å². The van der Waals surface area contributed by atoms with E-state index in [-0.39, 0.29) is 12.5 Å². The molecule has 0 fully saturated rings. The lowest BCUT2D eigenvalue weighted by Crippen LogP contribution is -2.18. The number of nitrogens with one attached hydrogen (secondary N) is 1. The molecular weight excluding hydrogens is 290 g/mol. The number of hydrogen-bond acceptors (Lipinski definition) is 3. The second kappa shape index (κ2) is 7.79. The van der Waals surface area contributed by atoms with Crippen molar-refractivity contribution < 1.29 is 14.3 Å². The van der Waals surface area contributed by atoms with Gasteiger partial charge in [-0.15, -0.1) is 0 Å². The van der Waals surface area contributed by atoms with Crippen LogP contribution in [-0.2, 0) is 16.1 Å². The number of carbonyl (C=O) groups is 1. The maximum atomic E-state index is 11.8. The first-order valence-corrected chi connectivity index (χ1v) is 7.58. The Kier molecular flexibility index (Phi) is 5.77. The molecule has 0 aliphatic heterocycles.